The van der Waals surface area contributed by atoms with Crippen LogP contribution in [0.1, 0.15) is 29.3 Å². The summed E-state index contributed by atoms with van der Waals surface area (Å²) in [5.41, 5.74) is 1.62. The van der Waals surface area contributed by atoms with Crippen molar-refractivity contribution in [3.05, 3.63) is 70.7 Å². The number of morpholine rings is 1. The number of benzene rings is 2. The molecule has 7 heteroatoms. The van der Waals surface area contributed by atoms with Crippen LogP contribution in [0.5, 0.6) is 0 Å². The number of hydrogen-bond acceptors (Lipinski definition) is 4. The van der Waals surface area contributed by atoms with Crippen LogP contribution in [-0.2, 0) is 16.1 Å². The van der Waals surface area contributed by atoms with Crippen LogP contribution in [-0.4, -0.2) is 67.0 Å². The summed E-state index contributed by atoms with van der Waals surface area (Å²) >= 11 is 5.87. The highest BCUT2D eigenvalue weighted by Crippen LogP contribution is 2.13. The van der Waals surface area contributed by atoms with E-state index in [0.717, 1.165) is 38.4 Å². The van der Waals surface area contributed by atoms with Gasteiger partial charge in [-0.05, 0) is 36.8 Å². The molecule has 1 fully saturated rings. The quantitative estimate of drug-likeness (QED) is 0.646. The Hall–Kier alpha value is -2.41. The minimum atomic E-state index is -0.208. The molecule has 0 spiro atoms. The van der Waals surface area contributed by atoms with E-state index >= 15 is 0 Å². The van der Waals surface area contributed by atoms with Gasteiger partial charge in [0.15, 0.2) is 0 Å². The number of halogens is 1. The second-order valence-corrected chi connectivity index (χ2v) is 8.22. The molecule has 1 aliphatic heterocycles. The maximum absolute atomic E-state index is 13.1. The first kappa shape index (κ1) is 23.3. The van der Waals surface area contributed by atoms with E-state index in [9.17, 15) is 9.59 Å². The standard InChI is InChI=1S/C24H30ClN3O3/c1-19(17-27-13-15-31-16-14-27)28(18-20-5-3-2-4-6-20)23(29)11-12-26-24(30)21-7-9-22(25)10-8-21/h2-10,19H,11-18H2,1H3,(H,26,30). The van der Waals surface area contributed by atoms with E-state index in [1.165, 1.54) is 0 Å². The molecule has 0 bridgehead atoms. The Morgan fingerprint density at radius 1 is 1.10 bits per heavy atom. The topological polar surface area (TPSA) is 61.9 Å². The monoisotopic (exact) mass is 443 g/mol. The van der Waals surface area contributed by atoms with Crippen LogP contribution < -0.4 is 5.32 Å². The van der Waals surface area contributed by atoms with Crippen LogP contribution >= 0.6 is 11.6 Å². The fourth-order valence-electron chi connectivity index (χ4n) is 3.66. The van der Waals surface area contributed by atoms with Gasteiger partial charge in [-0.25, -0.2) is 0 Å². The summed E-state index contributed by atoms with van der Waals surface area (Å²) in [6, 6.07) is 16.8. The third-order valence-electron chi connectivity index (χ3n) is 5.41. The van der Waals surface area contributed by atoms with Crippen molar-refractivity contribution in [2.75, 3.05) is 39.4 Å². The average molecular weight is 444 g/mol. The summed E-state index contributed by atoms with van der Waals surface area (Å²) in [4.78, 5) is 29.7. The number of ether oxygens (including phenoxy) is 1. The van der Waals surface area contributed by atoms with Gasteiger partial charge >= 0.3 is 0 Å². The summed E-state index contributed by atoms with van der Waals surface area (Å²) in [5, 5.41) is 3.41. The van der Waals surface area contributed by atoms with E-state index in [1.807, 2.05) is 35.2 Å². The molecule has 0 saturated carbocycles. The molecule has 6 nitrogen and oxygen atoms in total. The van der Waals surface area contributed by atoms with Crippen molar-refractivity contribution >= 4 is 23.4 Å². The highest BCUT2D eigenvalue weighted by Gasteiger charge is 2.23. The van der Waals surface area contributed by atoms with Crippen molar-refractivity contribution in [3.8, 4) is 0 Å². The Bertz CT molecular complexity index is 839. The van der Waals surface area contributed by atoms with Gasteiger partial charge in [0.2, 0.25) is 5.91 Å². The normalized spacial score (nSPS) is 15.3. The average Bonchev–Trinajstić information content (AvgIpc) is 2.79. The fourth-order valence-corrected chi connectivity index (χ4v) is 3.78. The molecule has 2 amide bonds. The van der Waals surface area contributed by atoms with Gasteiger partial charge in [0.05, 0.1) is 13.2 Å². The van der Waals surface area contributed by atoms with Gasteiger partial charge in [0, 0.05) is 55.8 Å². The summed E-state index contributed by atoms with van der Waals surface area (Å²) in [6.07, 6.45) is 0.250. The lowest BCUT2D eigenvalue weighted by atomic mass is 10.1. The van der Waals surface area contributed by atoms with Gasteiger partial charge in [-0.1, -0.05) is 41.9 Å². The Morgan fingerprint density at radius 2 is 1.77 bits per heavy atom. The van der Waals surface area contributed by atoms with E-state index in [4.69, 9.17) is 16.3 Å². The highest BCUT2D eigenvalue weighted by atomic mass is 35.5. The first-order chi connectivity index (χ1) is 15.0. The van der Waals surface area contributed by atoms with Crippen molar-refractivity contribution < 1.29 is 14.3 Å². The number of carbonyl (C=O) groups is 2. The smallest absolute Gasteiger partial charge is 0.251 e. The summed E-state index contributed by atoms with van der Waals surface area (Å²) in [6.45, 7) is 6.96. The molecule has 3 rings (SSSR count). The lowest BCUT2D eigenvalue weighted by Gasteiger charge is -2.35. The number of carbonyl (C=O) groups excluding carboxylic acids is 2. The lowest BCUT2D eigenvalue weighted by molar-refractivity contribution is -0.134. The van der Waals surface area contributed by atoms with Crippen LogP contribution in [0.25, 0.3) is 0 Å². The molecule has 2 aromatic rings. The zero-order valence-electron chi connectivity index (χ0n) is 17.9. The van der Waals surface area contributed by atoms with Crippen LogP contribution in [0.4, 0.5) is 0 Å². The lowest BCUT2D eigenvalue weighted by Crippen LogP contribution is -2.48. The molecule has 1 N–H and O–H groups in total. The van der Waals surface area contributed by atoms with Gasteiger partial charge in [-0.15, -0.1) is 0 Å². The fraction of sp³-hybridized carbons (Fsp3) is 0.417. The summed E-state index contributed by atoms with van der Waals surface area (Å²) < 4.78 is 5.43. The molecule has 1 heterocycles. The maximum atomic E-state index is 13.1. The predicted octanol–water partition coefficient (Wildman–Crippen LogP) is 3.21. The Morgan fingerprint density at radius 3 is 2.45 bits per heavy atom. The number of nitrogens with zero attached hydrogens (tertiary/aromatic N) is 2. The van der Waals surface area contributed by atoms with Crippen molar-refractivity contribution in [2.45, 2.75) is 25.9 Å². The second kappa shape index (κ2) is 11.8. The SMILES string of the molecule is CC(CN1CCOCC1)N(Cc1ccccc1)C(=O)CCNC(=O)c1ccc(Cl)cc1. The van der Waals surface area contributed by atoms with Crippen LogP contribution in [0.3, 0.4) is 0 Å². The van der Waals surface area contributed by atoms with Crippen molar-refractivity contribution in [2.24, 2.45) is 0 Å². The largest absolute Gasteiger partial charge is 0.379 e. The Labute approximate surface area is 189 Å². The molecule has 1 aliphatic rings. The molecule has 31 heavy (non-hydrogen) atoms. The van der Waals surface area contributed by atoms with Gasteiger partial charge < -0.3 is 15.0 Å². The molecular formula is C24H30ClN3O3. The van der Waals surface area contributed by atoms with Crippen LogP contribution in [0.15, 0.2) is 54.6 Å². The number of hydrogen-bond donors (Lipinski definition) is 1. The number of rotatable bonds is 9. The molecule has 166 valence electrons. The molecule has 1 atom stereocenters. The van der Waals surface area contributed by atoms with E-state index in [2.05, 4.69) is 17.1 Å². The zero-order chi connectivity index (χ0) is 22.1. The zero-order valence-corrected chi connectivity index (χ0v) is 18.7. The Balaban J connectivity index is 1.58. The number of amides is 2. The van der Waals surface area contributed by atoms with Gasteiger partial charge in [0.1, 0.15) is 0 Å². The molecule has 0 aromatic heterocycles. The maximum Gasteiger partial charge on any atom is 0.251 e. The van der Waals surface area contributed by atoms with Gasteiger partial charge in [-0.3, -0.25) is 14.5 Å². The van der Waals surface area contributed by atoms with E-state index in [1.54, 1.807) is 24.3 Å². The van der Waals surface area contributed by atoms with Crippen molar-refractivity contribution in [1.29, 1.82) is 0 Å². The predicted molar refractivity (Wildman–Crippen MR) is 122 cm³/mol. The van der Waals surface area contributed by atoms with E-state index in [-0.39, 0.29) is 30.8 Å². The van der Waals surface area contributed by atoms with E-state index in [0.29, 0.717) is 17.1 Å². The first-order valence-corrected chi connectivity index (χ1v) is 11.1. The third kappa shape index (κ3) is 7.35. The summed E-state index contributed by atoms with van der Waals surface area (Å²) in [7, 11) is 0. The molecule has 0 aliphatic carbocycles. The second-order valence-electron chi connectivity index (χ2n) is 7.78. The van der Waals surface area contributed by atoms with Gasteiger partial charge in [0.25, 0.3) is 5.91 Å². The molecule has 1 unspecified atom stereocenters. The van der Waals surface area contributed by atoms with Crippen LogP contribution in [0.2, 0.25) is 5.02 Å². The van der Waals surface area contributed by atoms with Crippen molar-refractivity contribution in [3.63, 3.8) is 0 Å². The van der Waals surface area contributed by atoms with E-state index < -0.39 is 0 Å². The van der Waals surface area contributed by atoms with Gasteiger partial charge in [-0.2, -0.15) is 0 Å². The van der Waals surface area contributed by atoms with Crippen LogP contribution in [0, 0.1) is 0 Å². The molecule has 1 saturated heterocycles. The summed E-state index contributed by atoms with van der Waals surface area (Å²) in [5.74, 6) is -0.179. The van der Waals surface area contributed by atoms with Crippen molar-refractivity contribution in [1.82, 2.24) is 15.1 Å². The minimum Gasteiger partial charge on any atom is -0.379 e. The molecular weight excluding hydrogens is 414 g/mol. The Kier molecular flexibility index (Phi) is 8.88. The molecule has 0 radical (unpaired) electrons. The highest BCUT2D eigenvalue weighted by molar-refractivity contribution is 6.30. The first-order valence-electron chi connectivity index (χ1n) is 10.7. The minimum absolute atomic E-state index is 0.0287. The number of nitrogens with one attached hydrogen (secondary N) is 1. The molecule has 2 aromatic carbocycles. The third-order valence-corrected chi connectivity index (χ3v) is 5.66.